The van der Waals surface area contributed by atoms with Gasteiger partial charge in [-0.15, -0.1) is 0 Å². The maximum absolute atomic E-state index is 5.42. The first-order valence-corrected chi connectivity index (χ1v) is 7.04. The van der Waals surface area contributed by atoms with Crippen molar-refractivity contribution in [1.29, 1.82) is 0 Å². The van der Waals surface area contributed by atoms with Gasteiger partial charge >= 0.3 is 0 Å². The van der Waals surface area contributed by atoms with Gasteiger partial charge < -0.3 is 9.73 Å². The Kier molecular flexibility index (Phi) is 4.61. The van der Waals surface area contributed by atoms with Crippen LogP contribution < -0.4 is 5.32 Å². The lowest BCUT2D eigenvalue weighted by Crippen LogP contribution is -2.23. The van der Waals surface area contributed by atoms with Crippen molar-refractivity contribution < 1.29 is 4.42 Å². The van der Waals surface area contributed by atoms with E-state index in [-0.39, 0.29) is 6.04 Å². The van der Waals surface area contributed by atoms with E-state index >= 15 is 0 Å². The average molecular weight is 308 g/mol. The van der Waals surface area contributed by atoms with Gasteiger partial charge in [-0.2, -0.15) is 0 Å². The average Bonchev–Trinajstić information content (AvgIpc) is 2.78. The Balaban J connectivity index is 2.30. The highest BCUT2D eigenvalue weighted by molar-refractivity contribution is 9.10. The fourth-order valence-corrected chi connectivity index (χ4v) is 2.31. The van der Waals surface area contributed by atoms with E-state index in [1.54, 1.807) is 6.26 Å². The molecule has 2 rings (SSSR count). The first-order chi connectivity index (χ1) is 8.72. The number of aryl methyl sites for hydroxylation is 1. The Bertz CT molecular complexity index is 489. The van der Waals surface area contributed by atoms with E-state index < -0.39 is 0 Å². The molecule has 2 nitrogen and oxygen atoms in total. The maximum atomic E-state index is 5.42. The summed E-state index contributed by atoms with van der Waals surface area (Å²) in [5, 5.41) is 3.57. The Morgan fingerprint density at radius 1 is 1.22 bits per heavy atom. The van der Waals surface area contributed by atoms with Gasteiger partial charge in [-0.05, 0) is 43.7 Å². The SMILES string of the molecule is CCCNC(c1ccc(Br)cc1)c1ccoc1C. The number of rotatable bonds is 5. The van der Waals surface area contributed by atoms with Gasteiger partial charge in [0.05, 0.1) is 12.3 Å². The third kappa shape index (κ3) is 3.03. The summed E-state index contributed by atoms with van der Waals surface area (Å²) in [6, 6.07) is 10.7. The molecule has 1 unspecified atom stereocenters. The van der Waals surface area contributed by atoms with Gasteiger partial charge in [0, 0.05) is 10.0 Å². The summed E-state index contributed by atoms with van der Waals surface area (Å²) in [7, 11) is 0. The summed E-state index contributed by atoms with van der Waals surface area (Å²) in [4.78, 5) is 0. The van der Waals surface area contributed by atoms with E-state index in [1.165, 1.54) is 11.1 Å². The van der Waals surface area contributed by atoms with Crippen molar-refractivity contribution >= 4 is 15.9 Å². The van der Waals surface area contributed by atoms with Crippen LogP contribution in [0.5, 0.6) is 0 Å². The lowest BCUT2D eigenvalue weighted by molar-refractivity contribution is 0.517. The summed E-state index contributed by atoms with van der Waals surface area (Å²) in [6.45, 7) is 5.17. The molecule has 0 aliphatic carbocycles. The van der Waals surface area contributed by atoms with Gasteiger partial charge in [-0.25, -0.2) is 0 Å². The third-order valence-corrected chi connectivity index (χ3v) is 3.54. The summed E-state index contributed by atoms with van der Waals surface area (Å²) in [6.07, 6.45) is 2.87. The molecule has 1 aromatic carbocycles. The molecule has 3 heteroatoms. The molecule has 0 aliphatic heterocycles. The summed E-state index contributed by atoms with van der Waals surface area (Å²) in [5.41, 5.74) is 2.47. The van der Waals surface area contributed by atoms with Crippen molar-refractivity contribution in [3.8, 4) is 0 Å². The van der Waals surface area contributed by atoms with Gasteiger partial charge in [0.15, 0.2) is 0 Å². The Hall–Kier alpha value is -1.06. The summed E-state index contributed by atoms with van der Waals surface area (Å²) >= 11 is 3.47. The lowest BCUT2D eigenvalue weighted by atomic mass is 9.99. The van der Waals surface area contributed by atoms with Crippen LogP contribution in [0.2, 0.25) is 0 Å². The fourth-order valence-electron chi connectivity index (χ4n) is 2.05. The van der Waals surface area contributed by atoms with Crippen molar-refractivity contribution in [3.05, 3.63) is 58.0 Å². The van der Waals surface area contributed by atoms with Crippen LogP contribution in [0.1, 0.15) is 36.3 Å². The van der Waals surface area contributed by atoms with Gasteiger partial charge in [-0.1, -0.05) is 35.0 Å². The third-order valence-electron chi connectivity index (χ3n) is 3.01. The fraction of sp³-hybridized carbons (Fsp3) is 0.333. The van der Waals surface area contributed by atoms with Crippen molar-refractivity contribution in [2.24, 2.45) is 0 Å². The smallest absolute Gasteiger partial charge is 0.105 e. The highest BCUT2D eigenvalue weighted by atomic mass is 79.9. The van der Waals surface area contributed by atoms with Crippen LogP contribution in [0.4, 0.5) is 0 Å². The quantitative estimate of drug-likeness (QED) is 0.883. The van der Waals surface area contributed by atoms with Crippen LogP contribution in [0.25, 0.3) is 0 Å². The van der Waals surface area contributed by atoms with Crippen LogP contribution in [-0.4, -0.2) is 6.54 Å². The first kappa shape index (κ1) is 13.4. The van der Waals surface area contributed by atoms with E-state index in [0.29, 0.717) is 0 Å². The molecule has 0 spiro atoms. The normalized spacial score (nSPS) is 12.6. The number of halogens is 1. The minimum absolute atomic E-state index is 0.205. The number of benzene rings is 1. The number of nitrogens with one attached hydrogen (secondary N) is 1. The molecule has 1 atom stereocenters. The molecule has 0 amide bonds. The van der Waals surface area contributed by atoms with Crippen molar-refractivity contribution in [2.75, 3.05) is 6.54 Å². The molecule has 18 heavy (non-hydrogen) atoms. The van der Waals surface area contributed by atoms with Crippen molar-refractivity contribution in [1.82, 2.24) is 5.32 Å². The van der Waals surface area contributed by atoms with E-state index in [4.69, 9.17) is 4.42 Å². The zero-order chi connectivity index (χ0) is 13.0. The van der Waals surface area contributed by atoms with E-state index in [1.807, 2.05) is 13.0 Å². The van der Waals surface area contributed by atoms with Crippen LogP contribution in [0, 0.1) is 6.92 Å². The van der Waals surface area contributed by atoms with Crippen molar-refractivity contribution in [3.63, 3.8) is 0 Å². The standard InChI is InChI=1S/C15H18BrNO/c1-3-9-17-15(14-8-10-18-11(14)2)12-4-6-13(16)7-5-12/h4-8,10,15,17H,3,9H2,1-2H3. The summed E-state index contributed by atoms with van der Waals surface area (Å²) < 4.78 is 6.52. The minimum atomic E-state index is 0.205. The maximum Gasteiger partial charge on any atom is 0.105 e. The lowest BCUT2D eigenvalue weighted by Gasteiger charge is -2.18. The molecule has 0 fully saturated rings. The molecular weight excluding hydrogens is 290 g/mol. The largest absolute Gasteiger partial charge is 0.469 e. The minimum Gasteiger partial charge on any atom is -0.469 e. The molecule has 1 N–H and O–H groups in total. The number of hydrogen-bond acceptors (Lipinski definition) is 2. The van der Waals surface area contributed by atoms with E-state index in [2.05, 4.69) is 52.4 Å². The predicted molar refractivity (Wildman–Crippen MR) is 77.7 cm³/mol. The zero-order valence-electron chi connectivity index (χ0n) is 10.7. The summed E-state index contributed by atoms with van der Waals surface area (Å²) in [5.74, 6) is 0.978. The zero-order valence-corrected chi connectivity index (χ0v) is 12.3. The molecular formula is C15H18BrNO. The molecule has 0 bridgehead atoms. The molecule has 1 heterocycles. The second-order valence-electron chi connectivity index (χ2n) is 4.37. The number of hydrogen-bond donors (Lipinski definition) is 1. The monoisotopic (exact) mass is 307 g/mol. The molecule has 2 aromatic rings. The highest BCUT2D eigenvalue weighted by Crippen LogP contribution is 2.26. The topological polar surface area (TPSA) is 25.2 Å². The van der Waals surface area contributed by atoms with Gasteiger partial charge in [0.25, 0.3) is 0 Å². The van der Waals surface area contributed by atoms with E-state index in [9.17, 15) is 0 Å². The molecule has 0 aliphatic rings. The second kappa shape index (κ2) is 6.21. The Morgan fingerprint density at radius 3 is 2.50 bits per heavy atom. The van der Waals surface area contributed by atoms with Gasteiger partial charge in [0.1, 0.15) is 5.76 Å². The van der Waals surface area contributed by atoms with Crippen LogP contribution in [0.3, 0.4) is 0 Å². The second-order valence-corrected chi connectivity index (χ2v) is 5.29. The molecule has 1 aromatic heterocycles. The molecule has 0 saturated heterocycles. The van der Waals surface area contributed by atoms with Gasteiger partial charge in [0.2, 0.25) is 0 Å². The van der Waals surface area contributed by atoms with Crippen LogP contribution in [-0.2, 0) is 0 Å². The predicted octanol–water partition coefficient (Wildman–Crippen LogP) is 4.44. The molecule has 0 saturated carbocycles. The number of furan rings is 1. The van der Waals surface area contributed by atoms with Crippen LogP contribution >= 0.6 is 15.9 Å². The van der Waals surface area contributed by atoms with E-state index in [0.717, 1.165) is 23.2 Å². The van der Waals surface area contributed by atoms with Crippen LogP contribution in [0.15, 0.2) is 45.5 Å². The van der Waals surface area contributed by atoms with Crippen molar-refractivity contribution in [2.45, 2.75) is 26.3 Å². The van der Waals surface area contributed by atoms with Gasteiger partial charge in [-0.3, -0.25) is 0 Å². The first-order valence-electron chi connectivity index (χ1n) is 6.25. The Morgan fingerprint density at radius 2 is 1.94 bits per heavy atom. The molecule has 0 radical (unpaired) electrons. The Labute approximate surface area is 117 Å². The highest BCUT2D eigenvalue weighted by Gasteiger charge is 2.16. The molecule has 96 valence electrons.